The minimum Gasteiger partial charge on any atom is -0.509 e. The number of aryl methyl sites for hydroxylation is 4. The second-order valence-corrected chi connectivity index (χ2v) is 12.2. The first-order valence-corrected chi connectivity index (χ1v) is 15.7. The van der Waals surface area contributed by atoms with Crippen molar-refractivity contribution in [1.82, 2.24) is 19.3 Å². The number of hydrogen-bond acceptors (Lipinski definition) is 4. The maximum absolute atomic E-state index is 6.44. The van der Waals surface area contributed by atoms with Gasteiger partial charge in [0.15, 0.2) is 0 Å². The summed E-state index contributed by atoms with van der Waals surface area (Å²) in [5.41, 5.74) is 12.3. The SMILES string of the molecule is CCc1c(-c2c(C)cc(N(C)C)cc2C)c(C)nn1-c1[c-]c(Oc2[c-]c3c(cc2)c2ccccc2n3-c2cc(C)ccn2)ccc1.[Pt+2]. The fourth-order valence-electron chi connectivity index (χ4n) is 6.57. The number of hydrogen-bond donors (Lipinski definition) is 0. The van der Waals surface area contributed by atoms with Crippen LogP contribution in [0.3, 0.4) is 0 Å². The van der Waals surface area contributed by atoms with Crippen LogP contribution in [0.15, 0.2) is 85.1 Å². The van der Waals surface area contributed by atoms with Gasteiger partial charge in [0.05, 0.1) is 5.69 Å². The van der Waals surface area contributed by atoms with E-state index in [9.17, 15) is 0 Å². The van der Waals surface area contributed by atoms with Crippen molar-refractivity contribution in [3.63, 3.8) is 0 Å². The van der Waals surface area contributed by atoms with Crippen LogP contribution in [0.4, 0.5) is 5.69 Å². The summed E-state index contributed by atoms with van der Waals surface area (Å²) < 4.78 is 10.6. The van der Waals surface area contributed by atoms with Crippen molar-refractivity contribution in [2.75, 3.05) is 19.0 Å². The van der Waals surface area contributed by atoms with Gasteiger partial charge in [-0.05, 0) is 97.8 Å². The third-order valence-electron chi connectivity index (χ3n) is 8.66. The van der Waals surface area contributed by atoms with Crippen molar-refractivity contribution in [1.29, 1.82) is 0 Å². The summed E-state index contributed by atoms with van der Waals surface area (Å²) >= 11 is 0. The monoisotopic (exact) mass is 798 g/mol. The fourth-order valence-corrected chi connectivity index (χ4v) is 6.57. The second kappa shape index (κ2) is 12.8. The zero-order valence-electron chi connectivity index (χ0n) is 27.8. The predicted molar refractivity (Wildman–Crippen MR) is 188 cm³/mol. The van der Waals surface area contributed by atoms with E-state index in [1.807, 2.05) is 41.2 Å². The van der Waals surface area contributed by atoms with E-state index in [1.165, 1.54) is 27.9 Å². The number of pyridine rings is 1. The van der Waals surface area contributed by atoms with Crippen LogP contribution < -0.4 is 9.64 Å². The third-order valence-corrected chi connectivity index (χ3v) is 8.66. The van der Waals surface area contributed by atoms with Crippen molar-refractivity contribution >= 4 is 27.5 Å². The van der Waals surface area contributed by atoms with Crippen molar-refractivity contribution in [2.45, 2.75) is 41.0 Å². The van der Waals surface area contributed by atoms with Gasteiger partial charge in [-0.25, -0.2) is 4.98 Å². The number of fused-ring (bicyclic) bond motifs is 3. The van der Waals surface area contributed by atoms with E-state index in [1.54, 1.807) is 0 Å². The molecule has 47 heavy (non-hydrogen) atoms. The summed E-state index contributed by atoms with van der Waals surface area (Å²) in [6.07, 6.45) is 2.67. The summed E-state index contributed by atoms with van der Waals surface area (Å²) in [6, 6.07) is 34.0. The molecule has 7 aromatic rings. The van der Waals surface area contributed by atoms with E-state index >= 15 is 0 Å². The van der Waals surface area contributed by atoms with Crippen molar-refractivity contribution in [3.8, 4) is 34.1 Å². The van der Waals surface area contributed by atoms with E-state index in [4.69, 9.17) is 14.8 Å². The maximum atomic E-state index is 6.44. The number of para-hydroxylation sites is 1. The Balaban J connectivity index is 0.00000386. The first-order valence-electron chi connectivity index (χ1n) is 15.7. The molecule has 0 N–H and O–H groups in total. The van der Waals surface area contributed by atoms with Crippen LogP contribution in [0, 0.1) is 39.8 Å². The Morgan fingerprint density at radius 1 is 0.787 bits per heavy atom. The van der Waals surface area contributed by atoms with E-state index < -0.39 is 0 Å². The number of rotatable bonds is 7. The summed E-state index contributed by atoms with van der Waals surface area (Å²) in [5.74, 6) is 2.06. The van der Waals surface area contributed by atoms with Crippen LogP contribution in [0.2, 0.25) is 0 Å². The zero-order valence-corrected chi connectivity index (χ0v) is 30.0. The minimum absolute atomic E-state index is 0. The predicted octanol–water partition coefficient (Wildman–Crippen LogP) is 9.28. The van der Waals surface area contributed by atoms with Gasteiger partial charge in [0.2, 0.25) is 0 Å². The molecule has 3 heterocycles. The Morgan fingerprint density at radius 2 is 1.53 bits per heavy atom. The van der Waals surface area contributed by atoms with Gasteiger partial charge in [0.25, 0.3) is 0 Å². The van der Waals surface area contributed by atoms with Crippen molar-refractivity contribution < 1.29 is 25.8 Å². The van der Waals surface area contributed by atoms with Crippen LogP contribution in [-0.2, 0) is 27.5 Å². The number of anilines is 1. The first-order chi connectivity index (χ1) is 22.2. The summed E-state index contributed by atoms with van der Waals surface area (Å²) in [5, 5.41) is 7.28. The quantitative estimate of drug-likeness (QED) is 0.151. The van der Waals surface area contributed by atoms with Gasteiger partial charge in [-0.1, -0.05) is 30.6 Å². The molecule has 0 atom stereocenters. The molecule has 0 aliphatic rings. The average molecular weight is 799 g/mol. The largest absolute Gasteiger partial charge is 2.00 e. The molecule has 0 bridgehead atoms. The Labute approximate surface area is 290 Å². The molecule has 0 radical (unpaired) electrons. The van der Waals surface area contributed by atoms with Crippen LogP contribution in [-0.4, -0.2) is 33.4 Å². The Bertz CT molecular complexity index is 2240. The molecule has 0 unspecified atom stereocenters. The van der Waals surface area contributed by atoms with Gasteiger partial charge in [0, 0.05) is 54.3 Å². The summed E-state index contributed by atoms with van der Waals surface area (Å²) in [6.45, 7) is 10.7. The number of ether oxygens (including phenoxy) is 1. The molecule has 0 saturated carbocycles. The van der Waals surface area contributed by atoms with Crippen LogP contribution >= 0.6 is 0 Å². The zero-order chi connectivity index (χ0) is 32.1. The smallest absolute Gasteiger partial charge is 0.509 e. The van der Waals surface area contributed by atoms with Gasteiger partial charge >= 0.3 is 21.1 Å². The van der Waals surface area contributed by atoms with E-state index in [0.29, 0.717) is 11.5 Å². The Morgan fingerprint density at radius 3 is 2.26 bits per heavy atom. The van der Waals surface area contributed by atoms with Crippen molar-refractivity contribution in [2.24, 2.45) is 0 Å². The summed E-state index contributed by atoms with van der Waals surface area (Å²) in [4.78, 5) is 6.84. The Kier molecular flexibility index (Phi) is 8.82. The normalized spacial score (nSPS) is 11.2. The topological polar surface area (TPSA) is 48.1 Å². The van der Waals surface area contributed by atoms with Crippen LogP contribution in [0.25, 0.3) is 44.4 Å². The Hall–Kier alpha value is -4.67. The number of aromatic nitrogens is 4. The van der Waals surface area contributed by atoms with Gasteiger partial charge in [-0.15, -0.1) is 35.7 Å². The molecule has 6 nitrogen and oxygen atoms in total. The molecule has 7 rings (SSSR count). The first kappa shape index (κ1) is 32.3. The summed E-state index contributed by atoms with van der Waals surface area (Å²) in [7, 11) is 4.16. The van der Waals surface area contributed by atoms with E-state index in [-0.39, 0.29) is 21.1 Å². The molecule has 0 spiro atoms. The van der Waals surface area contributed by atoms with Crippen LogP contribution in [0.5, 0.6) is 11.5 Å². The van der Waals surface area contributed by atoms with E-state index in [0.717, 1.165) is 56.7 Å². The molecule has 3 aromatic heterocycles. The van der Waals surface area contributed by atoms with E-state index in [2.05, 4.69) is 119 Å². The van der Waals surface area contributed by atoms with Crippen LogP contribution in [0.1, 0.15) is 35.0 Å². The number of benzene rings is 4. The molecule has 4 aromatic carbocycles. The second-order valence-electron chi connectivity index (χ2n) is 12.2. The molecule has 0 amide bonds. The molecular weight excluding hydrogens is 762 g/mol. The molecule has 0 fully saturated rings. The van der Waals surface area contributed by atoms with Gasteiger partial charge < -0.3 is 14.2 Å². The molecule has 238 valence electrons. The van der Waals surface area contributed by atoms with Gasteiger partial charge in [0.1, 0.15) is 5.82 Å². The average Bonchev–Trinajstić information content (AvgIpc) is 3.54. The molecule has 7 heteroatoms. The molecule has 0 saturated heterocycles. The van der Waals surface area contributed by atoms with Crippen molar-refractivity contribution in [3.05, 3.63) is 125 Å². The molecule has 0 aliphatic carbocycles. The molecular formula is C40H37N5OPt. The van der Waals surface area contributed by atoms with Gasteiger partial charge in [-0.2, -0.15) is 17.2 Å². The maximum Gasteiger partial charge on any atom is 2.00 e. The van der Waals surface area contributed by atoms with Gasteiger partial charge in [-0.3, -0.25) is 4.68 Å². The number of nitrogens with zero attached hydrogens (tertiary/aromatic N) is 5. The minimum atomic E-state index is 0. The fraction of sp³-hybridized carbons (Fsp3) is 0.200. The third kappa shape index (κ3) is 5.76. The molecule has 0 aliphatic heterocycles. The standard InChI is InChI=1S/C40H37N5O.Pt/c1-8-35-40(39-26(3)21-30(43(6)7)22-27(39)4)28(5)42-45(35)29-12-11-13-31(23-29)46-32-16-17-34-33-14-9-10-15-36(33)44(37(34)24-32)38-20-25(2)18-19-41-38;/h9-22H,8H2,1-7H3;/q-2;+2.